The molecule has 0 fully saturated rings. The minimum Gasteiger partial charge on any atom is -0.287 e. The minimum absolute atomic E-state index is 0.118. The van der Waals surface area contributed by atoms with Gasteiger partial charge in [-0.15, -0.1) is 0 Å². The van der Waals surface area contributed by atoms with Crippen LogP contribution in [0.2, 0.25) is 5.15 Å². The molecule has 2 aromatic rings. The number of fused-ring (bicyclic) bond motifs is 1. The van der Waals surface area contributed by atoms with Crippen LogP contribution in [0.1, 0.15) is 5.69 Å². The molecule has 2 heterocycles. The summed E-state index contributed by atoms with van der Waals surface area (Å²) in [7, 11) is 0. The molecule has 0 radical (unpaired) electrons. The molecule has 0 aromatic carbocycles. The largest absolute Gasteiger partial charge is 0.434 e. The summed E-state index contributed by atoms with van der Waals surface area (Å²) in [4.78, 5) is 6.97. The summed E-state index contributed by atoms with van der Waals surface area (Å²) in [6, 6.07) is 0. The van der Waals surface area contributed by atoms with Gasteiger partial charge in [0.25, 0.3) is 0 Å². The van der Waals surface area contributed by atoms with Crippen molar-refractivity contribution >= 4 is 17.2 Å². The van der Waals surface area contributed by atoms with Crippen LogP contribution in [0.15, 0.2) is 18.6 Å². The number of rotatable bonds is 0. The molecule has 0 spiro atoms. The van der Waals surface area contributed by atoms with Gasteiger partial charge in [0.05, 0.1) is 12.4 Å². The molecule has 0 saturated heterocycles. The van der Waals surface area contributed by atoms with E-state index in [2.05, 4.69) is 9.97 Å². The fraction of sp³-hybridized carbons (Fsp3) is 0.143. The highest BCUT2D eigenvalue weighted by Crippen LogP contribution is 2.27. The van der Waals surface area contributed by atoms with E-state index in [1.807, 2.05) is 0 Å². The number of halogens is 4. The Morgan fingerprint density at radius 1 is 1.21 bits per heavy atom. The summed E-state index contributed by atoms with van der Waals surface area (Å²) in [5.74, 6) is 0. The van der Waals surface area contributed by atoms with Crippen LogP contribution < -0.4 is 0 Å². The standard InChI is InChI=1S/C7H3ClF3N3/c8-5-1-13-6-2-12-4(3-14(5)6)7(9,10)11/h1-3H. The lowest BCUT2D eigenvalue weighted by molar-refractivity contribution is -0.141. The number of alkyl halides is 3. The van der Waals surface area contributed by atoms with Crippen LogP contribution in [0.3, 0.4) is 0 Å². The Hall–Kier alpha value is -1.30. The second kappa shape index (κ2) is 2.84. The van der Waals surface area contributed by atoms with Gasteiger partial charge in [0.2, 0.25) is 0 Å². The first-order valence-corrected chi connectivity index (χ1v) is 3.92. The van der Waals surface area contributed by atoms with Crippen molar-refractivity contribution in [2.75, 3.05) is 0 Å². The molecule has 0 amide bonds. The third-order valence-corrected chi connectivity index (χ3v) is 1.92. The zero-order chi connectivity index (χ0) is 10.3. The average Bonchev–Trinajstić information content (AvgIpc) is 2.46. The van der Waals surface area contributed by atoms with Crippen molar-refractivity contribution in [3.8, 4) is 0 Å². The Labute approximate surface area is 81.2 Å². The van der Waals surface area contributed by atoms with Crippen molar-refractivity contribution in [2.24, 2.45) is 0 Å². The second-order valence-corrected chi connectivity index (χ2v) is 2.97. The zero-order valence-corrected chi connectivity index (χ0v) is 7.34. The zero-order valence-electron chi connectivity index (χ0n) is 6.59. The fourth-order valence-corrected chi connectivity index (χ4v) is 1.19. The van der Waals surface area contributed by atoms with Crippen molar-refractivity contribution < 1.29 is 13.2 Å². The van der Waals surface area contributed by atoms with E-state index < -0.39 is 11.9 Å². The van der Waals surface area contributed by atoms with Gasteiger partial charge in [-0.1, -0.05) is 11.6 Å². The van der Waals surface area contributed by atoms with E-state index in [1.165, 1.54) is 6.20 Å². The van der Waals surface area contributed by atoms with Crippen molar-refractivity contribution in [1.82, 2.24) is 14.4 Å². The number of imidazole rings is 1. The highest BCUT2D eigenvalue weighted by Gasteiger charge is 2.33. The van der Waals surface area contributed by atoms with Gasteiger partial charge in [-0.05, 0) is 0 Å². The van der Waals surface area contributed by atoms with Crippen molar-refractivity contribution in [2.45, 2.75) is 6.18 Å². The van der Waals surface area contributed by atoms with Gasteiger partial charge in [0.1, 0.15) is 5.15 Å². The Morgan fingerprint density at radius 2 is 1.93 bits per heavy atom. The normalized spacial score (nSPS) is 12.3. The molecule has 0 aliphatic rings. The lowest BCUT2D eigenvalue weighted by Crippen LogP contribution is -2.09. The molecule has 7 heteroatoms. The molecule has 14 heavy (non-hydrogen) atoms. The van der Waals surface area contributed by atoms with E-state index in [9.17, 15) is 13.2 Å². The summed E-state index contributed by atoms with van der Waals surface area (Å²) in [6.07, 6.45) is -1.38. The molecule has 2 rings (SSSR count). The lowest BCUT2D eigenvalue weighted by atomic mass is 10.4. The van der Waals surface area contributed by atoms with Crippen LogP contribution >= 0.6 is 11.6 Å². The maximum atomic E-state index is 12.2. The van der Waals surface area contributed by atoms with Gasteiger partial charge in [0, 0.05) is 6.20 Å². The highest BCUT2D eigenvalue weighted by molar-refractivity contribution is 6.29. The maximum Gasteiger partial charge on any atom is 0.434 e. The quantitative estimate of drug-likeness (QED) is 0.684. The van der Waals surface area contributed by atoms with Crippen LogP contribution in [-0.2, 0) is 6.18 Å². The monoisotopic (exact) mass is 221 g/mol. The molecule has 0 bridgehead atoms. The number of aromatic nitrogens is 3. The number of hydrogen-bond donors (Lipinski definition) is 0. The summed E-state index contributed by atoms with van der Waals surface area (Å²) < 4.78 is 37.8. The summed E-state index contributed by atoms with van der Waals surface area (Å²) in [5, 5.41) is 0.118. The molecule has 74 valence electrons. The molecule has 0 aliphatic carbocycles. The van der Waals surface area contributed by atoms with Crippen LogP contribution in [0.5, 0.6) is 0 Å². The first-order chi connectivity index (χ1) is 6.48. The average molecular weight is 222 g/mol. The van der Waals surface area contributed by atoms with Crippen LogP contribution in [0, 0.1) is 0 Å². The third kappa shape index (κ3) is 1.41. The first kappa shape index (κ1) is 9.26. The van der Waals surface area contributed by atoms with Gasteiger partial charge in [-0.25, -0.2) is 9.97 Å². The molecular weight excluding hydrogens is 219 g/mol. The van der Waals surface area contributed by atoms with Crippen molar-refractivity contribution in [3.05, 3.63) is 29.4 Å². The van der Waals surface area contributed by atoms with Crippen molar-refractivity contribution in [1.29, 1.82) is 0 Å². The molecule has 3 nitrogen and oxygen atoms in total. The molecule has 0 unspecified atom stereocenters. The Balaban J connectivity index is 2.66. The second-order valence-electron chi connectivity index (χ2n) is 2.58. The summed E-state index contributed by atoms with van der Waals surface area (Å²) in [5.41, 5.74) is -0.715. The van der Waals surface area contributed by atoms with E-state index >= 15 is 0 Å². The van der Waals surface area contributed by atoms with Gasteiger partial charge < -0.3 is 0 Å². The molecule has 2 aromatic heterocycles. The predicted octanol–water partition coefficient (Wildman–Crippen LogP) is 2.40. The van der Waals surface area contributed by atoms with E-state index in [1.54, 1.807) is 0 Å². The Kier molecular flexibility index (Phi) is 1.88. The van der Waals surface area contributed by atoms with Crippen LogP contribution in [-0.4, -0.2) is 14.4 Å². The van der Waals surface area contributed by atoms with Gasteiger partial charge in [0.15, 0.2) is 11.3 Å². The SMILES string of the molecule is FC(F)(F)c1cn2c(Cl)cnc2cn1. The molecule has 0 N–H and O–H groups in total. The van der Waals surface area contributed by atoms with E-state index in [4.69, 9.17) is 11.6 Å². The Morgan fingerprint density at radius 3 is 2.57 bits per heavy atom. The number of hydrogen-bond acceptors (Lipinski definition) is 2. The smallest absolute Gasteiger partial charge is 0.287 e. The fourth-order valence-electron chi connectivity index (χ4n) is 1.01. The van der Waals surface area contributed by atoms with Crippen molar-refractivity contribution in [3.63, 3.8) is 0 Å². The van der Waals surface area contributed by atoms with E-state index in [0.717, 1.165) is 16.8 Å². The molecule has 0 aliphatic heterocycles. The summed E-state index contributed by atoms with van der Waals surface area (Å²) >= 11 is 5.60. The molecule has 0 atom stereocenters. The molecule has 0 saturated carbocycles. The highest BCUT2D eigenvalue weighted by atomic mass is 35.5. The number of nitrogens with zero attached hydrogens (tertiary/aromatic N) is 3. The minimum atomic E-state index is -4.47. The third-order valence-electron chi connectivity index (χ3n) is 1.64. The Bertz CT molecular complexity index is 476. The lowest BCUT2D eigenvalue weighted by Gasteiger charge is -2.05. The van der Waals surface area contributed by atoms with Crippen LogP contribution in [0.25, 0.3) is 5.65 Å². The molecular formula is C7H3ClF3N3. The van der Waals surface area contributed by atoms with E-state index in [-0.39, 0.29) is 10.8 Å². The van der Waals surface area contributed by atoms with Gasteiger partial charge in [-0.3, -0.25) is 4.40 Å². The van der Waals surface area contributed by atoms with E-state index in [0.29, 0.717) is 0 Å². The van der Waals surface area contributed by atoms with Gasteiger partial charge >= 0.3 is 6.18 Å². The summed E-state index contributed by atoms with van der Waals surface area (Å²) in [6.45, 7) is 0. The maximum absolute atomic E-state index is 12.2. The topological polar surface area (TPSA) is 30.2 Å². The van der Waals surface area contributed by atoms with Gasteiger partial charge in [-0.2, -0.15) is 13.2 Å². The first-order valence-electron chi connectivity index (χ1n) is 3.54. The predicted molar refractivity (Wildman–Crippen MR) is 43.0 cm³/mol. The van der Waals surface area contributed by atoms with Crippen LogP contribution in [0.4, 0.5) is 13.2 Å².